The number of methoxy groups -OCH3 is 3. The summed E-state index contributed by atoms with van der Waals surface area (Å²) < 4.78 is 21.4. The van der Waals surface area contributed by atoms with E-state index in [-0.39, 0.29) is 11.8 Å². The highest BCUT2D eigenvalue weighted by Crippen LogP contribution is 2.30. The summed E-state index contributed by atoms with van der Waals surface area (Å²) in [7, 11) is 4.75. The van der Waals surface area contributed by atoms with Crippen molar-refractivity contribution in [1.29, 1.82) is 0 Å². The maximum absolute atomic E-state index is 13.1. The van der Waals surface area contributed by atoms with Crippen molar-refractivity contribution in [2.24, 2.45) is 0 Å². The molecular weight excluding hydrogens is 398 g/mol. The Morgan fingerprint density at radius 2 is 1.77 bits per heavy atom. The molecule has 8 nitrogen and oxygen atoms in total. The van der Waals surface area contributed by atoms with Gasteiger partial charge in [-0.3, -0.25) is 4.79 Å². The average molecular weight is 423 g/mol. The summed E-state index contributed by atoms with van der Waals surface area (Å²) in [6, 6.07) is 12.7. The first-order chi connectivity index (χ1) is 15.1. The number of carbonyl (C=O) groups is 1. The van der Waals surface area contributed by atoms with E-state index in [4.69, 9.17) is 18.7 Å². The quantitative estimate of drug-likeness (QED) is 0.596. The maximum atomic E-state index is 13.1. The van der Waals surface area contributed by atoms with Gasteiger partial charge in [0, 0.05) is 30.3 Å². The van der Waals surface area contributed by atoms with Gasteiger partial charge in [-0.15, -0.1) is 0 Å². The van der Waals surface area contributed by atoms with Gasteiger partial charge in [0.15, 0.2) is 0 Å². The van der Waals surface area contributed by atoms with Crippen molar-refractivity contribution in [3.63, 3.8) is 0 Å². The molecule has 162 valence electrons. The van der Waals surface area contributed by atoms with Gasteiger partial charge in [-0.25, -0.2) is 0 Å². The Bertz CT molecular complexity index is 1040. The monoisotopic (exact) mass is 423 g/mol. The maximum Gasteiger partial charge on any atom is 0.254 e. The van der Waals surface area contributed by atoms with Crippen LogP contribution < -0.4 is 14.2 Å². The van der Waals surface area contributed by atoms with Crippen LogP contribution in [0.1, 0.15) is 35.0 Å². The molecule has 8 heteroatoms. The molecule has 3 aromatic rings. The first-order valence-electron chi connectivity index (χ1n) is 10.1. The number of benzene rings is 2. The minimum atomic E-state index is -0.0746. The van der Waals surface area contributed by atoms with Crippen LogP contribution in [0.3, 0.4) is 0 Å². The first-order valence-corrected chi connectivity index (χ1v) is 10.1. The molecule has 0 bridgehead atoms. The van der Waals surface area contributed by atoms with Gasteiger partial charge in [0.1, 0.15) is 17.2 Å². The minimum absolute atomic E-state index is 0.0166. The number of rotatable bonds is 6. The van der Waals surface area contributed by atoms with Crippen LogP contribution in [0.25, 0.3) is 11.4 Å². The lowest BCUT2D eigenvalue weighted by atomic mass is 9.97. The number of piperidine rings is 1. The molecule has 1 atom stereocenters. The van der Waals surface area contributed by atoms with Crippen molar-refractivity contribution < 1.29 is 23.5 Å². The molecule has 1 fully saturated rings. The summed E-state index contributed by atoms with van der Waals surface area (Å²) in [5.74, 6) is 2.85. The minimum Gasteiger partial charge on any atom is -0.497 e. The number of hydrogen-bond acceptors (Lipinski definition) is 7. The van der Waals surface area contributed by atoms with E-state index < -0.39 is 0 Å². The second-order valence-corrected chi connectivity index (χ2v) is 7.38. The summed E-state index contributed by atoms with van der Waals surface area (Å²) >= 11 is 0. The molecule has 0 radical (unpaired) electrons. The molecule has 0 N–H and O–H groups in total. The number of carbonyl (C=O) groups excluding carboxylic acids is 1. The van der Waals surface area contributed by atoms with Crippen LogP contribution in [0.15, 0.2) is 47.0 Å². The van der Waals surface area contributed by atoms with E-state index >= 15 is 0 Å². The van der Waals surface area contributed by atoms with E-state index in [2.05, 4.69) is 10.1 Å². The lowest BCUT2D eigenvalue weighted by Crippen LogP contribution is -2.39. The standard InChI is InChI=1S/C23H25N3O5/c1-28-18-8-4-6-15(10-18)21-24-22(31-25-21)16-7-5-9-26(14-16)23(27)17-11-19(29-2)13-20(12-17)30-3/h4,6,8,10-13,16H,5,7,9,14H2,1-3H3/t16-/m0/s1. The van der Waals surface area contributed by atoms with Crippen molar-refractivity contribution in [2.75, 3.05) is 34.4 Å². The van der Waals surface area contributed by atoms with Crippen LogP contribution in [-0.4, -0.2) is 55.4 Å². The Hall–Kier alpha value is -3.55. The number of hydrogen-bond donors (Lipinski definition) is 0. The van der Waals surface area contributed by atoms with Crippen LogP contribution in [0.4, 0.5) is 0 Å². The van der Waals surface area contributed by atoms with Crippen molar-refractivity contribution in [3.05, 3.63) is 53.9 Å². The van der Waals surface area contributed by atoms with Crippen LogP contribution in [0.5, 0.6) is 17.2 Å². The first kappa shape index (κ1) is 20.7. The fourth-order valence-electron chi connectivity index (χ4n) is 3.76. The third-order valence-corrected chi connectivity index (χ3v) is 5.43. The van der Waals surface area contributed by atoms with Gasteiger partial charge in [0.25, 0.3) is 5.91 Å². The van der Waals surface area contributed by atoms with Gasteiger partial charge < -0.3 is 23.6 Å². The van der Waals surface area contributed by atoms with Gasteiger partial charge >= 0.3 is 0 Å². The predicted molar refractivity (Wildman–Crippen MR) is 114 cm³/mol. The predicted octanol–water partition coefficient (Wildman–Crippen LogP) is 3.78. The van der Waals surface area contributed by atoms with Gasteiger partial charge in [0.05, 0.1) is 27.2 Å². The van der Waals surface area contributed by atoms with E-state index in [9.17, 15) is 4.79 Å². The normalized spacial score (nSPS) is 16.1. The van der Waals surface area contributed by atoms with Crippen molar-refractivity contribution in [3.8, 4) is 28.6 Å². The second kappa shape index (κ2) is 9.07. The second-order valence-electron chi connectivity index (χ2n) is 7.38. The van der Waals surface area contributed by atoms with Crippen LogP contribution in [0.2, 0.25) is 0 Å². The molecule has 4 rings (SSSR count). The summed E-state index contributed by atoms with van der Waals surface area (Å²) in [4.78, 5) is 19.6. The topological polar surface area (TPSA) is 86.9 Å². The lowest BCUT2D eigenvalue weighted by molar-refractivity contribution is 0.0695. The number of likely N-dealkylation sites (tertiary alicyclic amines) is 1. The highest BCUT2D eigenvalue weighted by Gasteiger charge is 2.29. The van der Waals surface area contributed by atoms with Crippen molar-refractivity contribution in [1.82, 2.24) is 15.0 Å². The van der Waals surface area contributed by atoms with Gasteiger partial charge in [0.2, 0.25) is 11.7 Å². The zero-order chi connectivity index (χ0) is 21.8. The molecule has 1 aliphatic heterocycles. The SMILES string of the molecule is COc1cc(OC)cc(C(=O)N2CCC[C@H](c3nc(-c4cccc(OC)c4)no3)C2)c1. The molecule has 1 amide bonds. The molecule has 2 aromatic carbocycles. The Labute approximate surface area is 180 Å². The van der Waals surface area contributed by atoms with E-state index in [0.29, 0.717) is 41.9 Å². The third kappa shape index (κ3) is 4.47. The summed E-state index contributed by atoms with van der Waals surface area (Å²) in [6.45, 7) is 1.18. The molecule has 1 saturated heterocycles. The molecule has 1 aromatic heterocycles. The Morgan fingerprint density at radius 1 is 1.03 bits per heavy atom. The van der Waals surface area contributed by atoms with Gasteiger partial charge in [-0.05, 0) is 37.1 Å². The fourth-order valence-corrected chi connectivity index (χ4v) is 3.76. The molecule has 31 heavy (non-hydrogen) atoms. The summed E-state index contributed by atoms with van der Waals surface area (Å²) in [5.41, 5.74) is 1.35. The third-order valence-electron chi connectivity index (χ3n) is 5.43. The Morgan fingerprint density at radius 3 is 2.48 bits per heavy atom. The largest absolute Gasteiger partial charge is 0.497 e. The number of ether oxygens (including phenoxy) is 3. The van der Waals surface area contributed by atoms with Crippen LogP contribution in [0, 0.1) is 0 Å². The molecule has 0 saturated carbocycles. The van der Waals surface area contributed by atoms with Gasteiger partial charge in [-0.2, -0.15) is 4.98 Å². The molecular formula is C23H25N3O5. The zero-order valence-corrected chi connectivity index (χ0v) is 17.8. The van der Waals surface area contributed by atoms with Crippen LogP contribution >= 0.6 is 0 Å². The molecule has 0 aliphatic carbocycles. The smallest absolute Gasteiger partial charge is 0.254 e. The Balaban J connectivity index is 1.51. The molecule has 1 aliphatic rings. The highest BCUT2D eigenvalue weighted by molar-refractivity contribution is 5.95. The number of nitrogens with zero attached hydrogens (tertiary/aromatic N) is 3. The van der Waals surface area contributed by atoms with Crippen molar-refractivity contribution in [2.45, 2.75) is 18.8 Å². The number of amides is 1. The summed E-state index contributed by atoms with van der Waals surface area (Å²) in [6.07, 6.45) is 1.74. The van der Waals surface area contributed by atoms with E-state index in [1.165, 1.54) is 0 Å². The van der Waals surface area contributed by atoms with E-state index in [1.54, 1.807) is 39.5 Å². The number of aromatic nitrogens is 2. The van der Waals surface area contributed by atoms with Crippen molar-refractivity contribution >= 4 is 5.91 Å². The van der Waals surface area contributed by atoms with Crippen LogP contribution in [-0.2, 0) is 0 Å². The molecule has 0 unspecified atom stereocenters. The Kier molecular flexibility index (Phi) is 6.06. The van der Waals surface area contributed by atoms with E-state index in [1.807, 2.05) is 29.2 Å². The average Bonchev–Trinajstić information content (AvgIpc) is 3.34. The van der Waals surface area contributed by atoms with Gasteiger partial charge in [-0.1, -0.05) is 17.3 Å². The fraction of sp³-hybridized carbons (Fsp3) is 0.348. The molecule has 2 heterocycles. The zero-order valence-electron chi connectivity index (χ0n) is 17.8. The lowest BCUT2D eigenvalue weighted by Gasteiger charge is -2.31. The highest BCUT2D eigenvalue weighted by atomic mass is 16.5. The van der Waals surface area contributed by atoms with E-state index in [0.717, 1.165) is 24.2 Å². The summed E-state index contributed by atoms with van der Waals surface area (Å²) in [5, 5.41) is 4.13. The molecule has 0 spiro atoms.